The van der Waals surface area contributed by atoms with Crippen LogP contribution in [0.15, 0.2) is 66.7 Å². The van der Waals surface area contributed by atoms with Crippen molar-refractivity contribution in [1.82, 2.24) is 4.98 Å². The first-order valence-corrected chi connectivity index (χ1v) is 10.2. The number of carbonyl (C=O) groups excluding carboxylic acids is 1. The number of fused-ring (bicyclic) bond motifs is 1. The first-order chi connectivity index (χ1) is 14.5. The molecule has 0 aliphatic carbocycles. The van der Waals surface area contributed by atoms with Gasteiger partial charge in [0.25, 0.3) is 11.6 Å². The van der Waals surface area contributed by atoms with Gasteiger partial charge in [-0.3, -0.25) is 19.8 Å². The largest absolute Gasteiger partial charge is 0.279 e. The number of benzene rings is 3. The van der Waals surface area contributed by atoms with Crippen molar-refractivity contribution >= 4 is 38.3 Å². The molecule has 0 aliphatic heterocycles. The Morgan fingerprint density at radius 1 is 1.03 bits per heavy atom. The lowest BCUT2D eigenvalue weighted by Crippen LogP contribution is -2.31. The fourth-order valence-electron chi connectivity index (χ4n) is 3.38. The minimum Gasteiger partial charge on any atom is -0.279 e. The zero-order valence-electron chi connectivity index (χ0n) is 16.5. The van der Waals surface area contributed by atoms with Gasteiger partial charge in [-0.05, 0) is 37.1 Å². The number of thiazole rings is 1. The molecule has 0 atom stereocenters. The molecule has 4 aromatic rings. The Kier molecular flexibility index (Phi) is 5.29. The van der Waals surface area contributed by atoms with Gasteiger partial charge in [0.2, 0.25) is 0 Å². The number of nitro groups is 1. The van der Waals surface area contributed by atoms with E-state index in [9.17, 15) is 14.9 Å². The molecule has 0 aliphatic rings. The molecule has 0 saturated carbocycles. The zero-order chi connectivity index (χ0) is 21.3. The lowest BCUT2D eigenvalue weighted by Gasteiger charge is -2.21. The number of hydrogen-bond acceptors (Lipinski definition) is 5. The third kappa shape index (κ3) is 3.67. The number of anilines is 1. The Labute approximate surface area is 177 Å². The molecule has 30 heavy (non-hydrogen) atoms. The predicted octanol–water partition coefficient (Wildman–Crippen LogP) is 5.67. The van der Waals surface area contributed by atoms with Crippen molar-refractivity contribution in [2.24, 2.45) is 0 Å². The molecule has 1 amide bonds. The highest BCUT2D eigenvalue weighted by molar-refractivity contribution is 7.22. The molecule has 0 unspecified atom stereocenters. The number of carbonyl (C=O) groups is 1. The highest BCUT2D eigenvalue weighted by Gasteiger charge is 2.26. The Hall–Kier alpha value is -3.58. The van der Waals surface area contributed by atoms with Crippen molar-refractivity contribution in [3.8, 4) is 0 Å². The summed E-state index contributed by atoms with van der Waals surface area (Å²) >= 11 is 1.44. The maximum Gasteiger partial charge on any atom is 0.273 e. The Balaban J connectivity index is 1.83. The molecule has 1 aromatic heterocycles. The number of nitrogens with zero attached hydrogens (tertiary/aromatic N) is 3. The van der Waals surface area contributed by atoms with E-state index in [4.69, 9.17) is 4.98 Å². The van der Waals surface area contributed by atoms with Crippen LogP contribution in [0.4, 0.5) is 10.8 Å². The SMILES string of the molecule is Cc1c(C(=O)N(Cc2ccccc2)c2nc3c(C)cccc3s2)cccc1[N+](=O)[O-]. The van der Waals surface area contributed by atoms with Gasteiger partial charge in [0, 0.05) is 17.2 Å². The molecule has 6 nitrogen and oxygen atoms in total. The van der Waals surface area contributed by atoms with Crippen LogP contribution in [0, 0.1) is 24.0 Å². The Morgan fingerprint density at radius 2 is 1.77 bits per heavy atom. The van der Waals surface area contributed by atoms with Gasteiger partial charge in [0.05, 0.1) is 21.7 Å². The normalized spacial score (nSPS) is 10.9. The van der Waals surface area contributed by atoms with E-state index >= 15 is 0 Å². The fraction of sp³-hybridized carbons (Fsp3) is 0.130. The van der Waals surface area contributed by atoms with Crippen molar-refractivity contribution in [1.29, 1.82) is 0 Å². The van der Waals surface area contributed by atoms with E-state index in [1.807, 2.05) is 55.5 Å². The van der Waals surface area contributed by atoms with E-state index in [0.29, 0.717) is 22.8 Å². The van der Waals surface area contributed by atoms with Crippen LogP contribution in [0.2, 0.25) is 0 Å². The van der Waals surface area contributed by atoms with Crippen molar-refractivity contribution in [3.05, 3.63) is 99.1 Å². The Bertz CT molecular complexity index is 1250. The molecule has 4 rings (SSSR count). The monoisotopic (exact) mass is 417 g/mol. The fourth-order valence-corrected chi connectivity index (χ4v) is 4.42. The van der Waals surface area contributed by atoms with E-state index in [1.165, 1.54) is 17.4 Å². The van der Waals surface area contributed by atoms with Crippen LogP contribution in [0.3, 0.4) is 0 Å². The van der Waals surface area contributed by atoms with Gasteiger partial charge in [-0.1, -0.05) is 59.9 Å². The smallest absolute Gasteiger partial charge is 0.273 e. The van der Waals surface area contributed by atoms with Crippen molar-refractivity contribution in [3.63, 3.8) is 0 Å². The standard InChI is InChI=1S/C23H19N3O3S/c1-15-8-6-13-20-21(15)24-23(30-20)25(14-17-9-4-3-5-10-17)22(27)18-11-7-12-19(16(18)2)26(28)29/h3-13H,14H2,1-2H3. The van der Waals surface area contributed by atoms with Crippen LogP contribution in [0.5, 0.6) is 0 Å². The van der Waals surface area contributed by atoms with E-state index < -0.39 is 4.92 Å². The van der Waals surface area contributed by atoms with Crippen LogP contribution in [0.25, 0.3) is 10.2 Å². The summed E-state index contributed by atoms with van der Waals surface area (Å²) < 4.78 is 0.992. The highest BCUT2D eigenvalue weighted by atomic mass is 32.1. The maximum absolute atomic E-state index is 13.6. The predicted molar refractivity (Wildman–Crippen MR) is 119 cm³/mol. The van der Waals surface area contributed by atoms with Crippen LogP contribution in [0.1, 0.15) is 27.0 Å². The molecule has 0 N–H and O–H groups in total. The summed E-state index contributed by atoms with van der Waals surface area (Å²) in [7, 11) is 0. The van der Waals surface area contributed by atoms with Gasteiger partial charge in [-0.2, -0.15) is 0 Å². The molecule has 3 aromatic carbocycles. The molecule has 7 heteroatoms. The summed E-state index contributed by atoms with van der Waals surface area (Å²) in [5, 5.41) is 11.9. The number of aromatic nitrogens is 1. The van der Waals surface area contributed by atoms with E-state index in [-0.39, 0.29) is 11.6 Å². The quantitative estimate of drug-likeness (QED) is 0.310. The summed E-state index contributed by atoms with van der Waals surface area (Å²) in [6.45, 7) is 3.91. The molecular formula is C23H19N3O3S. The number of rotatable bonds is 5. The van der Waals surface area contributed by atoms with Crippen LogP contribution in [-0.4, -0.2) is 15.8 Å². The Morgan fingerprint density at radius 3 is 2.47 bits per heavy atom. The van der Waals surface area contributed by atoms with Gasteiger partial charge < -0.3 is 0 Å². The van der Waals surface area contributed by atoms with E-state index in [2.05, 4.69) is 0 Å². The van der Waals surface area contributed by atoms with Crippen molar-refractivity contribution in [2.75, 3.05) is 4.90 Å². The minimum absolute atomic E-state index is 0.0688. The zero-order valence-corrected chi connectivity index (χ0v) is 17.3. The van der Waals surface area contributed by atoms with E-state index in [1.54, 1.807) is 24.0 Å². The second kappa shape index (κ2) is 8.04. The molecular weight excluding hydrogens is 398 g/mol. The van der Waals surface area contributed by atoms with Crippen LogP contribution in [-0.2, 0) is 6.54 Å². The molecule has 0 fully saturated rings. The third-order valence-corrected chi connectivity index (χ3v) is 6.04. The topological polar surface area (TPSA) is 76.3 Å². The number of hydrogen-bond donors (Lipinski definition) is 0. The van der Waals surface area contributed by atoms with Gasteiger partial charge in [0.1, 0.15) is 0 Å². The average Bonchev–Trinajstić information content (AvgIpc) is 3.18. The van der Waals surface area contributed by atoms with Gasteiger partial charge >= 0.3 is 0 Å². The summed E-state index contributed by atoms with van der Waals surface area (Å²) in [6, 6.07) is 20.1. The summed E-state index contributed by atoms with van der Waals surface area (Å²) in [6.07, 6.45) is 0. The number of nitro benzene ring substituents is 1. The van der Waals surface area contributed by atoms with Crippen molar-refractivity contribution in [2.45, 2.75) is 20.4 Å². The number of aryl methyl sites for hydroxylation is 1. The molecule has 0 saturated heterocycles. The molecule has 0 spiro atoms. The van der Waals surface area contributed by atoms with E-state index in [0.717, 1.165) is 21.3 Å². The van der Waals surface area contributed by atoms with Crippen LogP contribution >= 0.6 is 11.3 Å². The summed E-state index contributed by atoms with van der Waals surface area (Å²) in [5.74, 6) is -0.309. The molecule has 1 heterocycles. The van der Waals surface area contributed by atoms with Crippen molar-refractivity contribution < 1.29 is 9.72 Å². The maximum atomic E-state index is 13.6. The summed E-state index contributed by atoms with van der Waals surface area (Å²) in [4.78, 5) is 30.8. The first-order valence-electron chi connectivity index (χ1n) is 9.41. The highest BCUT2D eigenvalue weighted by Crippen LogP contribution is 2.33. The van der Waals surface area contributed by atoms with Crippen LogP contribution < -0.4 is 4.90 Å². The first kappa shape index (κ1) is 19.7. The molecule has 0 radical (unpaired) electrons. The summed E-state index contributed by atoms with van der Waals surface area (Å²) in [5.41, 5.74) is 3.43. The number of para-hydroxylation sites is 1. The third-order valence-electron chi connectivity index (χ3n) is 5.00. The lowest BCUT2D eigenvalue weighted by molar-refractivity contribution is -0.385. The second-order valence-corrected chi connectivity index (χ2v) is 8.01. The van der Waals surface area contributed by atoms with Gasteiger partial charge in [-0.15, -0.1) is 0 Å². The van der Waals surface area contributed by atoms with Gasteiger partial charge in [0.15, 0.2) is 5.13 Å². The minimum atomic E-state index is -0.464. The average molecular weight is 417 g/mol. The second-order valence-electron chi connectivity index (χ2n) is 7.00. The molecule has 150 valence electrons. The number of amides is 1. The van der Waals surface area contributed by atoms with Gasteiger partial charge in [-0.25, -0.2) is 4.98 Å². The molecule has 0 bridgehead atoms. The lowest BCUT2D eigenvalue weighted by atomic mass is 10.1.